The molecule has 72 valence electrons. The Balaban J connectivity index is 1.94. The predicted octanol–water partition coefficient (Wildman–Crippen LogP) is 4.16. The van der Waals surface area contributed by atoms with Crippen LogP contribution in [0.5, 0.6) is 0 Å². The molecule has 0 unspecified atom stereocenters. The summed E-state index contributed by atoms with van der Waals surface area (Å²) in [6.45, 7) is 0. The van der Waals surface area contributed by atoms with Crippen LogP contribution in [0, 0.1) is 0 Å². The summed E-state index contributed by atoms with van der Waals surface area (Å²) in [5.74, 6) is 0. The van der Waals surface area contributed by atoms with Crippen LogP contribution in [0.4, 0.5) is 22.7 Å². The SMILES string of the molecule is c1ccc(Nc2cccc3c2N=N3)cc1. The molecule has 3 rings (SSSR count). The van der Waals surface area contributed by atoms with E-state index in [-0.39, 0.29) is 0 Å². The lowest BCUT2D eigenvalue weighted by molar-refractivity contribution is 1.14. The molecule has 0 radical (unpaired) electrons. The van der Waals surface area contributed by atoms with E-state index in [0.717, 1.165) is 22.7 Å². The van der Waals surface area contributed by atoms with E-state index in [1.807, 2.05) is 48.5 Å². The van der Waals surface area contributed by atoms with Crippen molar-refractivity contribution in [3.8, 4) is 0 Å². The number of benzene rings is 2. The zero-order valence-electron chi connectivity index (χ0n) is 8.01. The second kappa shape index (κ2) is 3.20. The first-order chi connectivity index (χ1) is 7.43. The minimum atomic E-state index is 0.946. The second-order valence-corrected chi connectivity index (χ2v) is 3.36. The van der Waals surface area contributed by atoms with Gasteiger partial charge in [0.1, 0.15) is 11.4 Å². The molecule has 0 spiro atoms. The van der Waals surface area contributed by atoms with E-state index < -0.39 is 0 Å². The molecule has 2 aromatic carbocycles. The van der Waals surface area contributed by atoms with Crippen molar-refractivity contribution in [2.75, 3.05) is 5.32 Å². The molecule has 0 amide bonds. The van der Waals surface area contributed by atoms with E-state index in [1.165, 1.54) is 0 Å². The minimum Gasteiger partial charge on any atom is -0.354 e. The number of para-hydroxylation sites is 1. The standard InChI is InChI=1S/C12H9N3/c1-2-5-9(6-3-1)13-10-7-4-8-11-12(10)15-14-11/h1-8,13H. The van der Waals surface area contributed by atoms with Gasteiger partial charge in [0.25, 0.3) is 0 Å². The highest BCUT2D eigenvalue weighted by atomic mass is 15.2. The zero-order chi connectivity index (χ0) is 10.1. The van der Waals surface area contributed by atoms with Crippen LogP contribution in [0.3, 0.4) is 0 Å². The van der Waals surface area contributed by atoms with Crippen molar-refractivity contribution in [1.82, 2.24) is 0 Å². The van der Waals surface area contributed by atoms with Crippen molar-refractivity contribution in [2.24, 2.45) is 10.2 Å². The van der Waals surface area contributed by atoms with Crippen molar-refractivity contribution < 1.29 is 0 Å². The van der Waals surface area contributed by atoms with E-state index in [9.17, 15) is 0 Å². The smallest absolute Gasteiger partial charge is 0.137 e. The zero-order valence-corrected chi connectivity index (χ0v) is 8.01. The first-order valence-electron chi connectivity index (χ1n) is 4.80. The van der Waals surface area contributed by atoms with Crippen LogP contribution in [-0.2, 0) is 0 Å². The summed E-state index contributed by atoms with van der Waals surface area (Å²) in [6, 6.07) is 16.0. The maximum absolute atomic E-state index is 3.99. The monoisotopic (exact) mass is 195 g/mol. The van der Waals surface area contributed by atoms with Gasteiger partial charge in [-0.3, -0.25) is 0 Å². The number of fused-ring (bicyclic) bond motifs is 1. The predicted molar refractivity (Wildman–Crippen MR) is 60.3 cm³/mol. The molecule has 15 heavy (non-hydrogen) atoms. The van der Waals surface area contributed by atoms with Crippen LogP contribution in [0.25, 0.3) is 0 Å². The van der Waals surface area contributed by atoms with Gasteiger partial charge >= 0.3 is 0 Å². The molecule has 2 aromatic rings. The number of hydrogen-bond acceptors (Lipinski definition) is 3. The Labute approximate surface area is 87.5 Å². The molecule has 1 aliphatic rings. The van der Waals surface area contributed by atoms with Crippen molar-refractivity contribution in [3.63, 3.8) is 0 Å². The number of nitrogens with one attached hydrogen (secondary N) is 1. The van der Waals surface area contributed by atoms with Crippen LogP contribution in [0.1, 0.15) is 0 Å². The Morgan fingerprint density at radius 3 is 2.40 bits per heavy atom. The normalized spacial score (nSPS) is 11.7. The van der Waals surface area contributed by atoms with Gasteiger partial charge in [0.2, 0.25) is 0 Å². The van der Waals surface area contributed by atoms with Crippen LogP contribution >= 0.6 is 0 Å². The van der Waals surface area contributed by atoms with Crippen LogP contribution in [0.15, 0.2) is 58.8 Å². The van der Waals surface area contributed by atoms with Crippen LogP contribution in [-0.4, -0.2) is 0 Å². The van der Waals surface area contributed by atoms with Crippen molar-refractivity contribution in [3.05, 3.63) is 48.5 Å². The molecule has 1 aliphatic heterocycles. The number of hydrogen-bond donors (Lipinski definition) is 1. The van der Waals surface area contributed by atoms with Crippen molar-refractivity contribution >= 4 is 22.7 Å². The summed E-state index contributed by atoms with van der Waals surface area (Å²) >= 11 is 0. The Morgan fingerprint density at radius 2 is 1.67 bits per heavy atom. The fourth-order valence-corrected chi connectivity index (χ4v) is 1.55. The van der Waals surface area contributed by atoms with Crippen molar-refractivity contribution in [2.45, 2.75) is 0 Å². The molecule has 3 nitrogen and oxygen atoms in total. The minimum absolute atomic E-state index is 0.946. The summed E-state index contributed by atoms with van der Waals surface area (Å²) in [4.78, 5) is 0. The molecule has 0 saturated heterocycles. The van der Waals surface area contributed by atoms with Crippen LogP contribution in [0.2, 0.25) is 0 Å². The third-order valence-electron chi connectivity index (χ3n) is 2.33. The van der Waals surface area contributed by atoms with Gasteiger partial charge in [-0.2, -0.15) is 0 Å². The summed E-state index contributed by atoms with van der Waals surface area (Å²) in [6.07, 6.45) is 0. The van der Waals surface area contributed by atoms with Gasteiger partial charge in [-0.1, -0.05) is 24.3 Å². The lowest BCUT2D eigenvalue weighted by atomic mass is 10.2. The highest BCUT2D eigenvalue weighted by Gasteiger charge is 2.13. The molecule has 0 bridgehead atoms. The molecule has 0 saturated carbocycles. The maximum Gasteiger partial charge on any atom is 0.137 e. The number of anilines is 2. The van der Waals surface area contributed by atoms with Gasteiger partial charge in [0.05, 0.1) is 5.69 Å². The number of azo groups is 1. The maximum atomic E-state index is 3.99. The first-order valence-corrected chi connectivity index (χ1v) is 4.80. The first kappa shape index (κ1) is 8.17. The Bertz CT molecular complexity index is 518. The summed E-state index contributed by atoms with van der Waals surface area (Å²) in [5, 5.41) is 11.2. The quantitative estimate of drug-likeness (QED) is 0.654. The molecule has 3 heteroatoms. The molecule has 1 N–H and O–H groups in total. The molecular formula is C12H9N3. The Kier molecular flexibility index (Phi) is 1.75. The third-order valence-corrected chi connectivity index (χ3v) is 2.33. The third kappa shape index (κ3) is 1.38. The van der Waals surface area contributed by atoms with Gasteiger partial charge < -0.3 is 5.32 Å². The summed E-state index contributed by atoms with van der Waals surface area (Å²) in [5.41, 5.74) is 3.97. The fourth-order valence-electron chi connectivity index (χ4n) is 1.55. The lowest BCUT2D eigenvalue weighted by Gasteiger charge is -2.13. The van der Waals surface area contributed by atoms with E-state index >= 15 is 0 Å². The van der Waals surface area contributed by atoms with E-state index in [0.29, 0.717) is 0 Å². The lowest BCUT2D eigenvalue weighted by Crippen LogP contribution is -1.91. The summed E-state index contributed by atoms with van der Waals surface area (Å²) < 4.78 is 0. The summed E-state index contributed by atoms with van der Waals surface area (Å²) in [7, 11) is 0. The van der Waals surface area contributed by atoms with Gasteiger partial charge in [-0.25, -0.2) is 0 Å². The second-order valence-electron chi connectivity index (χ2n) is 3.36. The molecular weight excluding hydrogens is 186 g/mol. The topological polar surface area (TPSA) is 36.8 Å². The number of rotatable bonds is 2. The van der Waals surface area contributed by atoms with Crippen LogP contribution < -0.4 is 5.32 Å². The van der Waals surface area contributed by atoms with E-state index in [1.54, 1.807) is 0 Å². The highest BCUT2D eigenvalue weighted by molar-refractivity contribution is 5.83. The van der Waals surface area contributed by atoms with Gasteiger partial charge in [0.15, 0.2) is 0 Å². The van der Waals surface area contributed by atoms with Gasteiger partial charge in [-0.15, -0.1) is 10.2 Å². The van der Waals surface area contributed by atoms with E-state index in [4.69, 9.17) is 0 Å². The molecule has 0 aromatic heterocycles. The fraction of sp³-hybridized carbons (Fsp3) is 0. The number of nitrogens with zero attached hydrogens (tertiary/aromatic N) is 2. The average Bonchev–Trinajstić information content (AvgIpc) is 2.22. The highest BCUT2D eigenvalue weighted by Crippen LogP contribution is 2.44. The average molecular weight is 195 g/mol. The molecule has 0 aliphatic carbocycles. The Hall–Kier alpha value is -2.16. The van der Waals surface area contributed by atoms with Crippen molar-refractivity contribution in [1.29, 1.82) is 0 Å². The largest absolute Gasteiger partial charge is 0.354 e. The molecule has 1 heterocycles. The molecule has 0 fully saturated rings. The van der Waals surface area contributed by atoms with E-state index in [2.05, 4.69) is 15.5 Å². The van der Waals surface area contributed by atoms with Gasteiger partial charge in [0, 0.05) is 5.69 Å². The Morgan fingerprint density at radius 1 is 0.800 bits per heavy atom. The molecule has 0 atom stereocenters. The van der Waals surface area contributed by atoms with Gasteiger partial charge in [-0.05, 0) is 24.3 Å².